The van der Waals surface area contributed by atoms with Crippen LogP contribution in [0.1, 0.15) is 22.5 Å². The lowest BCUT2D eigenvalue weighted by Gasteiger charge is -2.32. The van der Waals surface area contributed by atoms with Crippen molar-refractivity contribution in [3.63, 3.8) is 0 Å². The third kappa shape index (κ3) is 2.98. The van der Waals surface area contributed by atoms with Gasteiger partial charge in [-0.05, 0) is 24.8 Å². The normalized spacial score (nSPS) is 17.4. The number of ether oxygens (including phenoxy) is 1. The smallest absolute Gasteiger partial charge is 0.345 e. The Balaban J connectivity index is 1.93. The highest BCUT2D eigenvalue weighted by molar-refractivity contribution is 7.12. The van der Waals surface area contributed by atoms with Gasteiger partial charge in [-0.3, -0.25) is 0 Å². The molecule has 1 fully saturated rings. The van der Waals surface area contributed by atoms with E-state index in [9.17, 15) is 4.79 Å². The number of anilines is 1. The Hall–Kier alpha value is -1.07. The Morgan fingerprint density at radius 1 is 1.59 bits per heavy atom. The van der Waals surface area contributed by atoms with Crippen LogP contribution in [0.5, 0.6) is 0 Å². The van der Waals surface area contributed by atoms with Crippen LogP contribution in [-0.2, 0) is 4.74 Å². The molecule has 1 aromatic heterocycles. The molecule has 17 heavy (non-hydrogen) atoms. The summed E-state index contributed by atoms with van der Waals surface area (Å²) in [4.78, 5) is 13.5. The Morgan fingerprint density at radius 3 is 2.82 bits per heavy atom. The number of carboxylic acid groups (broad SMARTS) is 1. The summed E-state index contributed by atoms with van der Waals surface area (Å²) in [5.74, 6) is -0.190. The van der Waals surface area contributed by atoms with Gasteiger partial charge in [0.25, 0.3) is 0 Å². The molecule has 0 unspecified atom stereocenters. The minimum Gasteiger partial charge on any atom is -0.477 e. The van der Waals surface area contributed by atoms with E-state index >= 15 is 0 Å². The lowest BCUT2D eigenvalue weighted by Crippen LogP contribution is -2.34. The van der Waals surface area contributed by atoms with E-state index in [1.165, 1.54) is 11.3 Å². The Labute approximate surface area is 105 Å². The van der Waals surface area contributed by atoms with Crippen molar-refractivity contribution >= 4 is 23.0 Å². The third-order valence-electron chi connectivity index (χ3n) is 3.18. The monoisotopic (exact) mass is 255 g/mol. The molecule has 0 radical (unpaired) electrons. The average Bonchev–Trinajstić information content (AvgIpc) is 2.80. The van der Waals surface area contributed by atoms with E-state index in [-0.39, 0.29) is 0 Å². The number of methoxy groups -OCH3 is 1. The SMILES string of the molecule is COCC1CCN(c2csc(C(=O)O)c2)CC1. The molecular formula is C12H17NO3S. The Bertz CT molecular complexity index is 383. The predicted octanol–water partition coefficient (Wildman–Crippen LogP) is 2.31. The summed E-state index contributed by atoms with van der Waals surface area (Å²) in [6.45, 7) is 2.81. The van der Waals surface area contributed by atoms with Crippen molar-refractivity contribution in [1.82, 2.24) is 0 Å². The van der Waals surface area contributed by atoms with Crippen molar-refractivity contribution in [2.45, 2.75) is 12.8 Å². The first kappa shape index (κ1) is 12.4. The molecule has 4 nitrogen and oxygen atoms in total. The van der Waals surface area contributed by atoms with Gasteiger partial charge in [0.1, 0.15) is 4.88 Å². The lowest BCUT2D eigenvalue weighted by molar-refractivity contribution is 0.0702. The second-order valence-electron chi connectivity index (χ2n) is 4.36. The first-order valence-corrected chi connectivity index (χ1v) is 6.64. The number of hydrogen-bond acceptors (Lipinski definition) is 4. The summed E-state index contributed by atoms with van der Waals surface area (Å²) in [6, 6.07) is 1.77. The summed E-state index contributed by atoms with van der Waals surface area (Å²) in [6.07, 6.45) is 2.23. The Kier molecular flexibility index (Phi) is 4.02. The zero-order valence-electron chi connectivity index (χ0n) is 9.89. The zero-order chi connectivity index (χ0) is 12.3. The van der Waals surface area contributed by atoms with Gasteiger partial charge >= 0.3 is 5.97 Å². The number of piperidine rings is 1. The van der Waals surface area contributed by atoms with Crippen molar-refractivity contribution in [1.29, 1.82) is 0 Å². The highest BCUT2D eigenvalue weighted by atomic mass is 32.1. The maximum absolute atomic E-state index is 10.8. The average molecular weight is 255 g/mol. The van der Waals surface area contributed by atoms with Gasteiger partial charge in [-0.2, -0.15) is 0 Å². The van der Waals surface area contributed by atoms with Gasteiger partial charge in [-0.15, -0.1) is 11.3 Å². The van der Waals surface area contributed by atoms with Crippen LogP contribution in [0.3, 0.4) is 0 Å². The number of carbonyl (C=O) groups is 1. The van der Waals surface area contributed by atoms with E-state index < -0.39 is 5.97 Å². The van der Waals surface area contributed by atoms with Crippen molar-refractivity contribution in [2.24, 2.45) is 5.92 Å². The van der Waals surface area contributed by atoms with Gasteiger partial charge in [0.2, 0.25) is 0 Å². The van der Waals surface area contributed by atoms with E-state index in [1.54, 1.807) is 13.2 Å². The van der Waals surface area contributed by atoms with E-state index in [1.807, 2.05) is 5.38 Å². The van der Waals surface area contributed by atoms with Crippen LogP contribution in [0.15, 0.2) is 11.4 Å². The van der Waals surface area contributed by atoms with Gasteiger partial charge < -0.3 is 14.7 Å². The number of hydrogen-bond donors (Lipinski definition) is 1. The minimum absolute atomic E-state index is 0.416. The fourth-order valence-electron chi connectivity index (χ4n) is 2.20. The van der Waals surface area contributed by atoms with Crippen molar-refractivity contribution < 1.29 is 14.6 Å². The molecule has 1 saturated heterocycles. The van der Waals surface area contributed by atoms with E-state index in [2.05, 4.69) is 4.90 Å². The molecule has 0 aliphatic carbocycles. The largest absolute Gasteiger partial charge is 0.477 e. The summed E-state index contributed by atoms with van der Waals surface area (Å²) in [7, 11) is 1.74. The molecule has 0 amide bonds. The summed E-state index contributed by atoms with van der Waals surface area (Å²) in [5.41, 5.74) is 1.04. The molecular weight excluding hydrogens is 238 g/mol. The molecule has 2 heterocycles. The minimum atomic E-state index is -0.837. The van der Waals surface area contributed by atoms with Crippen molar-refractivity contribution in [2.75, 3.05) is 31.7 Å². The van der Waals surface area contributed by atoms with Gasteiger partial charge in [0, 0.05) is 37.9 Å². The fraction of sp³-hybridized carbons (Fsp3) is 0.583. The molecule has 94 valence electrons. The van der Waals surface area contributed by atoms with Crippen LogP contribution < -0.4 is 4.90 Å². The molecule has 1 aliphatic heterocycles. The Morgan fingerprint density at radius 2 is 2.29 bits per heavy atom. The standard InChI is InChI=1S/C12H17NO3S/c1-16-7-9-2-4-13(5-3-9)10-6-11(12(14)15)17-8-10/h6,8-9H,2-5,7H2,1H3,(H,14,15). The van der Waals surface area contributed by atoms with Crippen molar-refractivity contribution in [3.05, 3.63) is 16.3 Å². The van der Waals surface area contributed by atoms with E-state index in [0.717, 1.165) is 38.2 Å². The molecule has 1 aliphatic rings. The molecule has 0 atom stereocenters. The zero-order valence-corrected chi connectivity index (χ0v) is 10.7. The van der Waals surface area contributed by atoms with E-state index in [4.69, 9.17) is 9.84 Å². The second kappa shape index (κ2) is 5.51. The molecule has 0 saturated carbocycles. The molecule has 1 aromatic rings. The predicted molar refractivity (Wildman–Crippen MR) is 68.1 cm³/mol. The maximum atomic E-state index is 10.8. The van der Waals surface area contributed by atoms with Gasteiger partial charge in [-0.25, -0.2) is 4.79 Å². The number of nitrogens with zero attached hydrogens (tertiary/aromatic N) is 1. The van der Waals surface area contributed by atoms with Crippen LogP contribution in [-0.4, -0.2) is 37.9 Å². The van der Waals surface area contributed by atoms with Crippen LogP contribution in [0, 0.1) is 5.92 Å². The number of aromatic carboxylic acids is 1. The van der Waals surface area contributed by atoms with Crippen LogP contribution in [0.4, 0.5) is 5.69 Å². The van der Waals surface area contributed by atoms with Crippen molar-refractivity contribution in [3.8, 4) is 0 Å². The fourth-order valence-corrected chi connectivity index (χ4v) is 2.95. The van der Waals surface area contributed by atoms with Gasteiger partial charge in [0.15, 0.2) is 0 Å². The summed E-state index contributed by atoms with van der Waals surface area (Å²) >= 11 is 1.30. The molecule has 0 bridgehead atoms. The van der Waals surface area contributed by atoms with Crippen LogP contribution >= 0.6 is 11.3 Å². The number of thiophene rings is 1. The van der Waals surface area contributed by atoms with Gasteiger partial charge in [0.05, 0.1) is 0 Å². The molecule has 5 heteroatoms. The summed E-state index contributed by atoms with van der Waals surface area (Å²) < 4.78 is 5.16. The quantitative estimate of drug-likeness (QED) is 0.897. The molecule has 0 spiro atoms. The topological polar surface area (TPSA) is 49.8 Å². The molecule has 1 N–H and O–H groups in total. The molecule has 0 aromatic carbocycles. The number of carboxylic acids is 1. The first-order chi connectivity index (χ1) is 8.20. The van der Waals surface area contributed by atoms with E-state index in [0.29, 0.717) is 10.8 Å². The third-order valence-corrected chi connectivity index (χ3v) is 4.08. The van der Waals surface area contributed by atoms with Gasteiger partial charge in [-0.1, -0.05) is 0 Å². The number of rotatable bonds is 4. The van der Waals surface area contributed by atoms with Crippen LogP contribution in [0.25, 0.3) is 0 Å². The highest BCUT2D eigenvalue weighted by Gasteiger charge is 2.20. The summed E-state index contributed by atoms with van der Waals surface area (Å²) in [5, 5.41) is 10.8. The van der Waals surface area contributed by atoms with Crippen LogP contribution in [0.2, 0.25) is 0 Å². The second-order valence-corrected chi connectivity index (χ2v) is 5.27. The first-order valence-electron chi connectivity index (χ1n) is 5.76. The maximum Gasteiger partial charge on any atom is 0.345 e. The highest BCUT2D eigenvalue weighted by Crippen LogP contribution is 2.27. The lowest BCUT2D eigenvalue weighted by atomic mass is 9.97. The molecule has 2 rings (SSSR count).